The Balaban J connectivity index is 1.79. The zero-order chi connectivity index (χ0) is 14.7. The molecular weight excluding hydrogens is 298 g/mol. The quantitative estimate of drug-likeness (QED) is 0.907. The molecule has 2 aromatic rings. The number of nitrogens with zero attached hydrogens (tertiary/aromatic N) is 2. The van der Waals surface area contributed by atoms with Crippen molar-refractivity contribution in [3.8, 4) is 0 Å². The minimum Gasteiger partial charge on any atom is -0.336 e. The van der Waals surface area contributed by atoms with Crippen molar-refractivity contribution in [2.45, 2.75) is 43.0 Å². The first-order chi connectivity index (χ1) is 10.3. The summed E-state index contributed by atoms with van der Waals surface area (Å²) in [5.41, 5.74) is 0. The zero-order valence-corrected chi connectivity index (χ0v) is 14.3. The molecule has 114 valence electrons. The van der Waals surface area contributed by atoms with Gasteiger partial charge in [0, 0.05) is 35.6 Å². The summed E-state index contributed by atoms with van der Waals surface area (Å²) in [6, 6.07) is 5.16. The van der Waals surface area contributed by atoms with Crippen LogP contribution in [0.2, 0.25) is 0 Å². The minimum atomic E-state index is 0.218. The lowest BCUT2D eigenvalue weighted by molar-refractivity contribution is 0.356. The Kier molecular flexibility index (Phi) is 5.03. The van der Waals surface area contributed by atoms with E-state index < -0.39 is 0 Å². The molecule has 0 spiro atoms. The van der Waals surface area contributed by atoms with Crippen LogP contribution in [0.15, 0.2) is 29.9 Å². The molecule has 0 radical (unpaired) electrons. The van der Waals surface area contributed by atoms with Crippen molar-refractivity contribution in [2.75, 3.05) is 6.26 Å². The van der Waals surface area contributed by atoms with Crippen LogP contribution in [0.3, 0.4) is 0 Å². The van der Waals surface area contributed by atoms with E-state index in [1.807, 2.05) is 35.5 Å². The van der Waals surface area contributed by atoms with Crippen LogP contribution >= 0.6 is 23.1 Å². The third-order valence-corrected chi connectivity index (χ3v) is 6.34. The van der Waals surface area contributed by atoms with E-state index in [0.717, 1.165) is 11.1 Å². The molecule has 1 N–H and O–H groups in total. The highest BCUT2D eigenvalue weighted by atomic mass is 32.2. The summed E-state index contributed by atoms with van der Waals surface area (Å²) >= 11 is 3.83. The molecule has 0 aromatic carbocycles. The van der Waals surface area contributed by atoms with E-state index in [1.54, 1.807) is 0 Å². The van der Waals surface area contributed by atoms with Gasteiger partial charge in [0.25, 0.3) is 0 Å². The standard InChI is InChI=1S/C16H23N3S2/c1-19-9-8-17-16(19)15(14-7-4-10-21-14)18-12-5-3-6-13(11-12)20-2/h4,7-10,12-13,15,18H,3,5-6,11H2,1-2H3. The molecule has 2 heterocycles. The Morgan fingerprint density at radius 3 is 3.05 bits per heavy atom. The van der Waals surface area contributed by atoms with E-state index in [2.05, 4.69) is 45.7 Å². The van der Waals surface area contributed by atoms with Crippen LogP contribution in [0.25, 0.3) is 0 Å². The van der Waals surface area contributed by atoms with Crippen molar-refractivity contribution >= 4 is 23.1 Å². The Morgan fingerprint density at radius 2 is 2.38 bits per heavy atom. The second-order valence-electron chi connectivity index (χ2n) is 5.73. The molecule has 0 aliphatic heterocycles. The lowest BCUT2D eigenvalue weighted by Gasteiger charge is -2.31. The third-order valence-electron chi connectivity index (χ3n) is 4.31. The smallest absolute Gasteiger partial charge is 0.131 e. The highest BCUT2D eigenvalue weighted by Gasteiger charge is 2.27. The van der Waals surface area contributed by atoms with Crippen LogP contribution in [0.4, 0.5) is 0 Å². The molecular formula is C16H23N3S2. The molecule has 1 aliphatic rings. The monoisotopic (exact) mass is 321 g/mol. The molecule has 3 unspecified atom stereocenters. The minimum absolute atomic E-state index is 0.218. The molecule has 1 fully saturated rings. The maximum atomic E-state index is 4.58. The molecule has 21 heavy (non-hydrogen) atoms. The average Bonchev–Trinajstić information content (AvgIpc) is 3.17. The van der Waals surface area contributed by atoms with Crippen LogP contribution in [0.5, 0.6) is 0 Å². The number of imidazole rings is 1. The molecule has 3 rings (SSSR count). The van der Waals surface area contributed by atoms with Gasteiger partial charge in [-0.2, -0.15) is 11.8 Å². The summed E-state index contributed by atoms with van der Waals surface area (Å²) in [4.78, 5) is 5.94. The summed E-state index contributed by atoms with van der Waals surface area (Å²) in [6.07, 6.45) is 11.4. The fraction of sp³-hybridized carbons (Fsp3) is 0.562. The summed E-state index contributed by atoms with van der Waals surface area (Å²) in [5.74, 6) is 1.11. The zero-order valence-electron chi connectivity index (χ0n) is 12.7. The van der Waals surface area contributed by atoms with E-state index in [0.29, 0.717) is 6.04 Å². The van der Waals surface area contributed by atoms with Crippen molar-refractivity contribution < 1.29 is 0 Å². The average molecular weight is 322 g/mol. The molecule has 3 nitrogen and oxygen atoms in total. The molecule has 3 atom stereocenters. The number of aryl methyl sites for hydroxylation is 1. The Hall–Kier alpha value is -0.780. The van der Waals surface area contributed by atoms with Gasteiger partial charge in [0.15, 0.2) is 0 Å². The molecule has 2 aromatic heterocycles. The molecule has 1 aliphatic carbocycles. The second kappa shape index (κ2) is 6.99. The van der Waals surface area contributed by atoms with Crippen molar-refractivity contribution in [3.05, 3.63) is 40.6 Å². The normalized spacial score (nSPS) is 24.1. The summed E-state index contributed by atoms with van der Waals surface area (Å²) < 4.78 is 2.13. The van der Waals surface area contributed by atoms with E-state index in [4.69, 9.17) is 0 Å². The summed E-state index contributed by atoms with van der Waals surface area (Å²) in [7, 11) is 2.08. The van der Waals surface area contributed by atoms with E-state index >= 15 is 0 Å². The predicted octanol–water partition coefficient (Wildman–Crippen LogP) is 3.83. The van der Waals surface area contributed by atoms with Gasteiger partial charge in [0.1, 0.15) is 11.9 Å². The van der Waals surface area contributed by atoms with Gasteiger partial charge in [-0.15, -0.1) is 11.3 Å². The number of hydrogen-bond donors (Lipinski definition) is 1. The first kappa shape index (κ1) is 15.1. The maximum Gasteiger partial charge on any atom is 0.131 e. The number of rotatable bonds is 5. The van der Waals surface area contributed by atoms with Crippen molar-refractivity contribution in [3.63, 3.8) is 0 Å². The van der Waals surface area contributed by atoms with Crippen LogP contribution in [0, 0.1) is 0 Å². The lowest BCUT2D eigenvalue weighted by Crippen LogP contribution is -2.38. The Bertz CT molecular complexity index is 550. The highest BCUT2D eigenvalue weighted by Crippen LogP contribution is 2.31. The van der Waals surface area contributed by atoms with E-state index in [1.165, 1.54) is 30.6 Å². The fourth-order valence-electron chi connectivity index (χ4n) is 3.14. The first-order valence-electron chi connectivity index (χ1n) is 7.57. The van der Waals surface area contributed by atoms with E-state index in [9.17, 15) is 0 Å². The van der Waals surface area contributed by atoms with Crippen LogP contribution < -0.4 is 5.32 Å². The van der Waals surface area contributed by atoms with Gasteiger partial charge in [-0.05, 0) is 37.0 Å². The van der Waals surface area contributed by atoms with Gasteiger partial charge in [-0.1, -0.05) is 12.5 Å². The van der Waals surface area contributed by atoms with Crippen LogP contribution in [-0.4, -0.2) is 27.1 Å². The molecule has 1 saturated carbocycles. The summed E-state index contributed by atoms with van der Waals surface area (Å²) in [6.45, 7) is 0. The SMILES string of the molecule is CSC1CCCC(NC(c2cccs2)c2nccn2C)C1. The number of hydrogen-bond acceptors (Lipinski definition) is 4. The van der Waals surface area contributed by atoms with Gasteiger partial charge in [-0.25, -0.2) is 4.98 Å². The third kappa shape index (κ3) is 3.52. The topological polar surface area (TPSA) is 29.9 Å². The Labute approximate surface area is 135 Å². The highest BCUT2D eigenvalue weighted by molar-refractivity contribution is 7.99. The van der Waals surface area contributed by atoms with Crippen molar-refractivity contribution in [1.82, 2.24) is 14.9 Å². The van der Waals surface area contributed by atoms with Crippen LogP contribution in [0.1, 0.15) is 42.4 Å². The second-order valence-corrected chi connectivity index (χ2v) is 7.85. The van der Waals surface area contributed by atoms with Crippen LogP contribution in [-0.2, 0) is 7.05 Å². The van der Waals surface area contributed by atoms with Gasteiger partial charge >= 0.3 is 0 Å². The predicted molar refractivity (Wildman–Crippen MR) is 92.1 cm³/mol. The largest absolute Gasteiger partial charge is 0.336 e. The van der Waals surface area contributed by atoms with Crippen molar-refractivity contribution in [1.29, 1.82) is 0 Å². The molecule has 0 amide bonds. The summed E-state index contributed by atoms with van der Waals surface area (Å²) in [5, 5.41) is 6.84. The lowest BCUT2D eigenvalue weighted by atomic mass is 9.94. The number of thioether (sulfide) groups is 1. The molecule has 5 heteroatoms. The van der Waals surface area contributed by atoms with Gasteiger partial charge in [0.2, 0.25) is 0 Å². The number of thiophene rings is 1. The Morgan fingerprint density at radius 1 is 1.48 bits per heavy atom. The number of nitrogens with one attached hydrogen (secondary N) is 1. The van der Waals surface area contributed by atoms with Crippen molar-refractivity contribution in [2.24, 2.45) is 7.05 Å². The van der Waals surface area contributed by atoms with Gasteiger partial charge in [0.05, 0.1) is 0 Å². The van der Waals surface area contributed by atoms with Gasteiger partial charge < -0.3 is 9.88 Å². The molecule has 0 bridgehead atoms. The van der Waals surface area contributed by atoms with Gasteiger partial charge in [-0.3, -0.25) is 0 Å². The maximum absolute atomic E-state index is 4.58. The number of aromatic nitrogens is 2. The molecule has 0 saturated heterocycles. The van der Waals surface area contributed by atoms with E-state index in [-0.39, 0.29) is 6.04 Å². The first-order valence-corrected chi connectivity index (χ1v) is 9.74. The fourth-order valence-corrected chi connectivity index (χ4v) is 4.75.